The molecule has 0 radical (unpaired) electrons. The van der Waals surface area contributed by atoms with Crippen LogP contribution in [0.4, 0.5) is 10.1 Å². The molecule has 0 aromatic heterocycles. The number of halogens is 2. The molecule has 0 heterocycles. The van der Waals surface area contributed by atoms with Crippen molar-refractivity contribution in [2.75, 3.05) is 24.2 Å². The zero-order chi connectivity index (χ0) is 26.3. The molecule has 1 N–H and O–H groups in total. The fourth-order valence-electron chi connectivity index (χ4n) is 3.78. The van der Waals surface area contributed by atoms with E-state index in [9.17, 15) is 22.4 Å². The van der Waals surface area contributed by atoms with E-state index < -0.39 is 40.2 Å². The van der Waals surface area contributed by atoms with Gasteiger partial charge in [-0.15, -0.1) is 0 Å². The summed E-state index contributed by atoms with van der Waals surface area (Å²) in [4.78, 5) is 28.0. The topological polar surface area (TPSA) is 86.8 Å². The van der Waals surface area contributed by atoms with Crippen molar-refractivity contribution in [2.24, 2.45) is 0 Å². The molecule has 36 heavy (non-hydrogen) atoms. The number of sulfonamides is 1. The summed E-state index contributed by atoms with van der Waals surface area (Å²) >= 11 is 3.34. The lowest BCUT2D eigenvalue weighted by molar-refractivity contribution is -0.139. The van der Waals surface area contributed by atoms with Crippen molar-refractivity contribution in [3.63, 3.8) is 0 Å². The van der Waals surface area contributed by atoms with Gasteiger partial charge >= 0.3 is 0 Å². The predicted molar refractivity (Wildman–Crippen MR) is 141 cm³/mol. The zero-order valence-corrected chi connectivity index (χ0v) is 22.3. The summed E-state index contributed by atoms with van der Waals surface area (Å²) in [5, 5.41) is 2.58. The molecule has 3 rings (SSSR count). The molecule has 0 unspecified atom stereocenters. The second-order valence-electron chi connectivity index (χ2n) is 8.15. The molecule has 2 amide bonds. The molecule has 0 fully saturated rings. The van der Waals surface area contributed by atoms with Gasteiger partial charge in [-0.25, -0.2) is 12.8 Å². The Kier molecular flexibility index (Phi) is 9.22. The molecule has 7 nitrogen and oxygen atoms in total. The highest BCUT2D eigenvalue weighted by Gasteiger charge is 2.33. The van der Waals surface area contributed by atoms with Crippen LogP contribution in [-0.2, 0) is 32.6 Å². The van der Waals surface area contributed by atoms with E-state index in [-0.39, 0.29) is 24.2 Å². The van der Waals surface area contributed by atoms with E-state index in [0.717, 1.165) is 16.1 Å². The Bertz CT molecular complexity index is 1320. The molecular weight excluding hydrogens is 549 g/mol. The summed E-state index contributed by atoms with van der Waals surface area (Å²) in [6, 6.07) is 20.7. The number of anilines is 1. The zero-order valence-electron chi connectivity index (χ0n) is 19.9. The van der Waals surface area contributed by atoms with Crippen molar-refractivity contribution in [1.29, 1.82) is 0 Å². The fourth-order valence-corrected chi connectivity index (χ4v) is 5.26. The van der Waals surface area contributed by atoms with Crippen LogP contribution < -0.4 is 9.62 Å². The van der Waals surface area contributed by atoms with Crippen molar-refractivity contribution in [2.45, 2.75) is 19.0 Å². The summed E-state index contributed by atoms with van der Waals surface area (Å²) < 4.78 is 41.5. The molecule has 3 aromatic carbocycles. The van der Waals surface area contributed by atoms with Gasteiger partial charge < -0.3 is 10.2 Å². The molecule has 3 aromatic rings. The van der Waals surface area contributed by atoms with Gasteiger partial charge in [0.2, 0.25) is 21.8 Å². The number of para-hydroxylation sites is 1. The Morgan fingerprint density at radius 2 is 1.58 bits per heavy atom. The highest BCUT2D eigenvalue weighted by Crippen LogP contribution is 2.28. The lowest BCUT2D eigenvalue weighted by atomic mass is 10.0. The Balaban J connectivity index is 2.05. The first-order chi connectivity index (χ1) is 17.1. The van der Waals surface area contributed by atoms with E-state index in [4.69, 9.17) is 0 Å². The molecule has 0 aliphatic heterocycles. The first-order valence-electron chi connectivity index (χ1n) is 11.1. The van der Waals surface area contributed by atoms with E-state index in [0.29, 0.717) is 4.47 Å². The average Bonchev–Trinajstić information content (AvgIpc) is 2.85. The highest BCUT2D eigenvalue weighted by atomic mass is 79.9. The molecule has 10 heteroatoms. The van der Waals surface area contributed by atoms with E-state index in [1.165, 1.54) is 30.1 Å². The number of hydrogen-bond acceptors (Lipinski definition) is 4. The van der Waals surface area contributed by atoms with Crippen LogP contribution in [0.3, 0.4) is 0 Å². The maximum atomic E-state index is 14.6. The van der Waals surface area contributed by atoms with Crippen LogP contribution in [0.15, 0.2) is 83.3 Å². The summed E-state index contributed by atoms with van der Waals surface area (Å²) in [7, 11) is -2.42. The van der Waals surface area contributed by atoms with Gasteiger partial charge in [0.25, 0.3) is 0 Å². The van der Waals surface area contributed by atoms with Gasteiger partial charge in [0.1, 0.15) is 18.4 Å². The maximum Gasteiger partial charge on any atom is 0.244 e. The number of rotatable bonds is 10. The number of nitrogens with one attached hydrogen (secondary N) is 1. The Hall–Kier alpha value is -3.24. The third-order valence-corrected chi connectivity index (χ3v) is 7.41. The predicted octanol–water partition coefficient (Wildman–Crippen LogP) is 3.74. The third kappa shape index (κ3) is 6.92. The van der Waals surface area contributed by atoms with Crippen LogP contribution >= 0.6 is 15.9 Å². The van der Waals surface area contributed by atoms with Crippen molar-refractivity contribution in [3.05, 3.63) is 100 Å². The van der Waals surface area contributed by atoms with Gasteiger partial charge in [-0.1, -0.05) is 60.7 Å². The van der Waals surface area contributed by atoms with Gasteiger partial charge in [-0.05, 0) is 39.7 Å². The number of hydrogen-bond donors (Lipinski definition) is 1. The van der Waals surface area contributed by atoms with E-state index >= 15 is 0 Å². The fraction of sp³-hybridized carbons (Fsp3) is 0.231. The van der Waals surface area contributed by atoms with Crippen LogP contribution in [0.25, 0.3) is 0 Å². The lowest BCUT2D eigenvalue weighted by Crippen LogP contribution is -2.53. The SMILES string of the molecule is CNC(=O)[C@H](Cc1ccccc1)N(Cc1ccccc1F)C(=O)CN(c1ccccc1Br)S(C)(=O)=O. The van der Waals surface area contributed by atoms with Crippen molar-refractivity contribution in [3.8, 4) is 0 Å². The van der Waals surface area contributed by atoms with E-state index in [1.54, 1.807) is 30.3 Å². The first-order valence-corrected chi connectivity index (χ1v) is 13.8. The Labute approximate surface area is 219 Å². The van der Waals surface area contributed by atoms with Crippen LogP contribution in [0.5, 0.6) is 0 Å². The molecule has 0 spiro atoms. The molecule has 0 saturated heterocycles. The first kappa shape index (κ1) is 27.3. The van der Waals surface area contributed by atoms with Crippen LogP contribution in [0.1, 0.15) is 11.1 Å². The van der Waals surface area contributed by atoms with Gasteiger partial charge in [-0.2, -0.15) is 0 Å². The number of amides is 2. The minimum Gasteiger partial charge on any atom is -0.357 e. The van der Waals surface area contributed by atoms with Gasteiger partial charge in [0, 0.05) is 30.0 Å². The van der Waals surface area contributed by atoms with Crippen LogP contribution in [0, 0.1) is 5.82 Å². The van der Waals surface area contributed by atoms with E-state index in [2.05, 4.69) is 21.2 Å². The molecule has 0 aliphatic carbocycles. The smallest absolute Gasteiger partial charge is 0.244 e. The summed E-state index contributed by atoms with van der Waals surface area (Å²) in [5.74, 6) is -1.63. The number of carbonyl (C=O) groups is 2. The van der Waals surface area contributed by atoms with Crippen molar-refractivity contribution >= 4 is 43.5 Å². The number of likely N-dealkylation sites (N-methyl/N-ethyl adjacent to an activating group) is 1. The molecule has 190 valence electrons. The van der Waals surface area contributed by atoms with Crippen LogP contribution in [0.2, 0.25) is 0 Å². The quantitative estimate of drug-likeness (QED) is 0.399. The van der Waals surface area contributed by atoms with E-state index in [1.807, 2.05) is 30.3 Å². The lowest BCUT2D eigenvalue weighted by Gasteiger charge is -2.33. The summed E-state index contributed by atoms with van der Waals surface area (Å²) in [6.07, 6.45) is 1.16. The number of benzene rings is 3. The largest absolute Gasteiger partial charge is 0.357 e. The summed E-state index contributed by atoms with van der Waals surface area (Å²) in [6.45, 7) is -0.790. The number of carbonyl (C=O) groups excluding carboxylic acids is 2. The van der Waals surface area contributed by atoms with Gasteiger partial charge in [0.05, 0.1) is 11.9 Å². The standard InChI is InChI=1S/C26H27BrFN3O4S/c1-29-26(33)24(16-19-10-4-3-5-11-19)30(17-20-12-6-8-14-22(20)28)25(32)18-31(36(2,34)35)23-15-9-7-13-21(23)27/h3-15,24H,16-18H2,1-2H3,(H,29,33)/t24-/m0/s1. The second-order valence-corrected chi connectivity index (χ2v) is 10.9. The monoisotopic (exact) mass is 575 g/mol. The molecule has 0 bridgehead atoms. The third-order valence-electron chi connectivity index (χ3n) is 5.62. The molecule has 0 saturated carbocycles. The molecule has 0 aliphatic rings. The van der Waals surface area contributed by atoms with Crippen molar-refractivity contribution in [1.82, 2.24) is 10.2 Å². The Morgan fingerprint density at radius 3 is 2.19 bits per heavy atom. The Morgan fingerprint density at radius 1 is 0.972 bits per heavy atom. The summed E-state index contributed by atoms with van der Waals surface area (Å²) in [5.41, 5.74) is 1.28. The molecule has 1 atom stereocenters. The van der Waals surface area contributed by atoms with Gasteiger partial charge in [-0.3, -0.25) is 13.9 Å². The maximum absolute atomic E-state index is 14.6. The second kappa shape index (κ2) is 12.1. The normalized spacial score (nSPS) is 12.0. The van der Waals surface area contributed by atoms with Crippen molar-refractivity contribution < 1.29 is 22.4 Å². The molecular formula is C26H27BrFN3O4S. The number of nitrogens with zero attached hydrogens (tertiary/aromatic N) is 2. The minimum atomic E-state index is -3.88. The minimum absolute atomic E-state index is 0.161. The van der Waals surface area contributed by atoms with Crippen LogP contribution in [-0.4, -0.2) is 51.0 Å². The highest BCUT2D eigenvalue weighted by molar-refractivity contribution is 9.10. The van der Waals surface area contributed by atoms with Gasteiger partial charge in [0.15, 0.2) is 0 Å². The average molecular weight is 576 g/mol.